The minimum atomic E-state index is -0.499. The molecule has 0 radical (unpaired) electrons. The van der Waals surface area contributed by atoms with E-state index in [0.717, 1.165) is 24.8 Å². The third-order valence-electron chi connectivity index (χ3n) is 3.45. The second-order valence-corrected chi connectivity index (χ2v) is 5.42. The molecule has 4 nitrogen and oxygen atoms in total. The highest BCUT2D eigenvalue weighted by Gasteiger charge is 2.22. The minimum Gasteiger partial charge on any atom is -0.347 e. The Morgan fingerprint density at radius 3 is 2.40 bits per heavy atom. The van der Waals surface area contributed by atoms with E-state index >= 15 is 0 Å². The molecule has 0 unspecified atom stereocenters. The van der Waals surface area contributed by atoms with Gasteiger partial charge in [-0.25, -0.2) is 0 Å². The van der Waals surface area contributed by atoms with Gasteiger partial charge in [0.1, 0.15) is 0 Å². The summed E-state index contributed by atoms with van der Waals surface area (Å²) in [6, 6.07) is 7.47. The molecule has 2 rings (SSSR count). The van der Waals surface area contributed by atoms with Crippen molar-refractivity contribution in [1.82, 2.24) is 10.2 Å². The number of carbonyl (C=O) groups is 2. The summed E-state index contributed by atoms with van der Waals surface area (Å²) in [5.74, 6) is -0.901. The average molecular weight is 295 g/mol. The van der Waals surface area contributed by atoms with Crippen LogP contribution in [-0.2, 0) is 16.0 Å². The van der Waals surface area contributed by atoms with Gasteiger partial charge in [0.05, 0.1) is 0 Å². The first-order valence-corrected chi connectivity index (χ1v) is 7.36. The largest absolute Gasteiger partial charge is 0.347 e. The van der Waals surface area contributed by atoms with Crippen LogP contribution in [0.3, 0.4) is 0 Å². The van der Waals surface area contributed by atoms with Crippen LogP contribution in [0.5, 0.6) is 0 Å². The Labute approximate surface area is 124 Å². The van der Waals surface area contributed by atoms with Crippen LogP contribution < -0.4 is 5.32 Å². The molecule has 20 heavy (non-hydrogen) atoms. The lowest BCUT2D eigenvalue weighted by molar-refractivity contribution is -0.146. The van der Waals surface area contributed by atoms with Gasteiger partial charge in [0.15, 0.2) is 0 Å². The van der Waals surface area contributed by atoms with E-state index in [4.69, 9.17) is 11.6 Å². The van der Waals surface area contributed by atoms with Crippen molar-refractivity contribution in [3.05, 3.63) is 34.9 Å². The zero-order chi connectivity index (χ0) is 14.4. The summed E-state index contributed by atoms with van der Waals surface area (Å²) >= 11 is 5.80. The lowest BCUT2D eigenvalue weighted by Gasteiger charge is -2.25. The smallest absolute Gasteiger partial charge is 0.311 e. The van der Waals surface area contributed by atoms with Crippen LogP contribution in [0.1, 0.15) is 24.8 Å². The number of nitrogens with one attached hydrogen (secondary N) is 1. The molecular formula is C15H19ClN2O2. The molecule has 108 valence electrons. The van der Waals surface area contributed by atoms with Crippen LogP contribution in [0.4, 0.5) is 0 Å². The van der Waals surface area contributed by atoms with Gasteiger partial charge in [-0.05, 0) is 43.4 Å². The Morgan fingerprint density at radius 2 is 1.75 bits per heavy atom. The molecule has 0 bridgehead atoms. The van der Waals surface area contributed by atoms with Crippen molar-refractivity contribution in [1.29, 1.82) is 0 Å². The molecule has 1 heterocycles. The first-order chi connectivity index (χ1) is 9.66. The first-order valence-electron chi connectivity index (χ1n) is 6.98. The van der Waals surface area contributed by atoms with Crippen molar-refractivity contribution >= 4 is 23.4 Å². The molecular weight excluding hydrogens is 276 g/mol. The van der Waals surface area contributed by atoms with Crippen molar-refractivity contribution in [2.24, 2.45) is 0 Å². The molecule has 1 aromatic carbocycles. The molecule has 1 aromatic rings. The Morgan fingerprint density at radius 1 is 1.10 bits per heavy atom. The molecule has 5 heteroatoms. The van der Waals surface area contributed by atoms with Crippen LogP contribution in [0, 0.1) is 0 Å². The number of hydrogen-bond donors (Lipinski definition) is 1. The molecule has 2 amide bonds. The van der Waals surface area contributed by atoms with E-state index in [2.05, 4.69) is 5.32 Å². The summed E-state index contributed by atoms with van der Waals surface area (Å²) in [6.45, 7) is 1.85. The minimum absolute atomic E-state index is 0.402. The van der Waals surface area contributed by atoms with Crippen LogP contribution >= 0.6 is 11.6 Å². The Hall–Kier alpha value is -1.55. The molecule has 1 aliphatic heterocycles. The monoisotopic (exact) mass is 294 g/mol. The zero-order valence-electron chi connectivity index (χ0n) is 11.4. The predicted octanol–water partition coefficient (Wildman–Crippen LogP) is 2.01. The number of benzene rings is 1. The summed E-state index contributed by atoms with van der Waals surface area (Å²) < 4.78 is 0. The van der Waals surface area contributed by atoms with E-state index in [1.165, 1.54) is 0 Å². The van der Waals surface area contributed by atoms with E-state index < -0.39 is 11.8 Å². The van der Waals surface area contributed by atoms with Crippen LogP contribution in [0.2, 0.25) is 5.02 Å². The summed E-state index contributed by atoms with van der Waals surface area (Å²) in [6.07, 6.45) is 3.81. The zero-order valence-corrected chi connectivity index (χ0v) is 12.2. The normalized spacial score (nSPS) is 14.9. The van der Waals surface area contributed by atoms with Crippen LogP contribution in [-0.4, -0.2) is 36.3 Å². The highest BCUT2D eigenvalue weighted by molar-refractivity contribution is 6.35. The number of amides is 2. The maximum absolute atomic E-state index is 11.9. The average Bonchev–Trinajstić information content (AvgIpc) is 2.49. The fourth-order valence-electron chi connectivity index (χ4n) is 2.29. The van der Waals surface area contributed by atoms with Gasteiger partial charge in [-0.15, -0.1) is 0 Å². The summed E-state index contributed by atoms with van der Waals surface area (Å²) in [4.78, 5) is 25.3. The lowest BCUT2D eigenvalue weighted by atomic mass is 10.1. The van der Waals surface area contributed by atoms with Gasteiger partial charge in [-0.1, -0.05) is 23.7 Å². The summed E-state index contributed by atoms with van der Waals surface area (Å²) in [5.41, 5.74) is 1.08. The van der Waals surface area contributed by atoms with Crippen molar-refractivity contribution in [3.63, 3.8) is 0 Å². The summed E-state index contributed by atoms with van der Waals surface area (Å²) in [5, 5.41) is 3.37. The highest BCUT2D eigenvalue weighted by Crippen LogP contribution is 2.10. The molecule has 1 saturated heterocycles. The standard InChI is InChI=1S/C15H19ClN2O2/c16-13-6-4-12(5-7-13)8-9-17-14(19)15(20)18-10-2-1-3-11-18/h4-7H,1-3,8-11H2,(H,17,19). The van der Waals surface area contributed by atoms with Gasteiger partial charge in [-0.2, -0.15) is 0 Å². The number of piperidine rings is 1. The number of carbonyl (C=O) groups excluding carboxylic acids is 2. The van der Waals surface area contributed by atoms with Crippen molar-refractivity contribution in [2.45, 2.75) is 25.7 Å². The number of nitrogens with zero attached hydrogens (tertiary/aromatic N) is 1. The quantitative estimate of drug-likeness (QED) is 0.867. The van der Waals surface area contributed by atoms with Gasteiger partial charge in [-0.3, -0.25) is 9.59 Å². The molecule has 1 aliphatic rings. The second kappa shape index (κ2) is 7.29. The van der Waals surface area contributed by atoms with Gasteiger partial charge < -0.3 is 10.2 Å². The maximum atomic E-state index is 11.9. The fraction of sp³-hybridized carbons (Fsp3) is 0.467. The highest BCUT2D eigenvalue weighted by atomic mass is 35.5. The maximum Gasteiger partial charge on any atom is 0.311 e. The molecule has 0 spiro atoms. The first kappa shape index (κ1) is 14.9. The Bertz CT molecular complexity index is 467. The molecule has 1 N–H and O–H groups in total. The third kappa shape index (κ3) is 4.23. The third-order valence-corrected chi connectivity index (χ3v) is 3.70. The van der Waals surface area contributed by atoms with Crippen molar-refractivity contribution in [3.8, 4) is 0 Å². The number of rotatable bonds is 3. The van der Waals surface area contributed by atoms with E-state index in [0.29, 0.717) is 31.1 Å². The number of halogens is 1. The van der Waals surface area contributed by atoms with Crippen LogP contribution in [0.15, 0.2) is 24.3 Å². The van der Waals surface area contributed by atoms with Crippen LogP contribution in [0.25, 0.3) is 0 Å². The van der Waals surface area contributed by atoms with Gasteiger partial charge >= 0.3 is 11.8 Å². The Balaban J connectivity index is 1.74. The van der Waals surface area contributed by atoms with Crippen molar-refractivity contribution in [2.75, 3.05) is 19.6 Å². The van der Waals surface area contributed by atoms with Gasteiger partial charge in [0, 0.05) is 24.7 Å². The van der Waals surface area contributed by atoms with E-state index in [9.17, 15) is 9.59 Å². The number of likely N-dealkylation sites (tertiary alicyclic amines) is 1. The van der Waals surface area contributed by atoms with Gasteiger partial charge in [0.2, 0.25) is 0 Å². The van der Waals surface area contributed by atoms with Gasteiger partial charge in [0.25, 0.3) is 0 Å². The van der Waals surface area contributed by atoms with Crippen molar-refractivity contribution < 1.29 is 9.59 Å². The SMILES string of the molecule is O=C(NCCc1ccc(Cl)cc1)C(=O)N1CCCCC1. The topological polar surface area (TPSA) is 49.4 Å². The molecule has 0 aliphatic carbocycles. The molecule has 0 saturated carbocycles. The molecule has 1 fully saturated rings. The van der Waals surface area contributed by atoms with E-state index in [1.54, 1.807) is 4.90 Å². The van der Waals surface area contributed by atoms with E-state index in [-0.39, 0.29) is 0 Å². The Kier molecular flexibility index (Phi) is 5.41. The lowest BCUT2D eigenvalue weighted by Crippen LogP contribution is -2.45. The number of hydrogen-bond acceptors (Lipinski definition) is 2. The fourth-order valence-corrected chi connectivity index (χ4v) is 2.41. The predicted molar refractivity (Wildman–Crippen MR) is 78.6 cm³/mol. The summed E-state index contributed by atoms with van der Waals surface area (Å²) in [7, 11) is 0. The van der Waals surface area contributed by atoms with E-state index in [1.807, 2.05) is 24.3 Å². The second-order valence-electron chi connectivity index (χ2n) is 4.99. The molecule has 0 atom stereocenters. The molecule has 0 aromatic heterocycles.